The minimum Gasteiger partial charge on any atom is -0.352 e. The van der Waals surface area contributed by atoms with Gasteiger partial charge in [-0.1, -0.05) is 66.2 Å². The molecule has 33 heavy (non-hydrogen) atoms. The standard InChI is InChI=1S/C27H28ClFN2O2/c1-19(2)30-27(33)25(16-20-6-4-3-5-7-20)31(18-22-8-12-23(28)13-9-22)26(32)17-21-10-14-24(29)15-11-21/h3-15,19,25H,16-18H2,1-2H3,(H,30,33)/t25-/m0/s1. The summed E-state index contributed by atoms with van der Waals surface area (Å²) in [6.45, 7) is 4.03. The summed E-state index contributed by atoms with van der Waals surface area (Å²) in [4.78, 5) is 28.4. The molecular weight excluding hydrogens is 439 g/mol. The second-order valence-corrected chi connectivity index (χ2v) is 8.76. The zero-order chi connectivity index (χ0) is 23.8. The molecule has 0 spiro atoms. The zero-order valence-electron chi connectivity index (χ0n) is 18.8. The lowest BCUT2D eigenvalue weighted by atomic mass is 10.0. The van der Waals surface area contributed by atoms with E-state index in [1.807, 2.05) is 56.3 Å². The summed E-state index contributed by atoms with van der Waals surface area (Å²) in [5.74, 6) is -0.783. The lowest BCUT2D eigenvalue weighted by Crippen LogP contribution is -2.52. The maximum Gasteiger partial charge on any atom is 0.243 e. The molecule has 172 valence electrons. The van der Waals surface area contributed by atoms with Crippen molar-refractivity contribution in [1.29, 1.82) is 0 Å². The Morgan fingerprint density at radius 1 is 0.879 bits per heavy atom. The van der Waals surface area contributed by atoms with Crippen molar-refractivity contribution in [3.63, 3.8) is 0 Å². The van der Waals surface area contributed by atoms with Crippen LogP contribution in [0, 0.1) is 5.82 Å². The Morgan fingerprint density at radius 3 is 2.09 bits per heavy atom. The predicted octanol–water partition coefficient (Wildman–Crippen LogP) is 5.19. The van der Waals surface area contributed by atoms with Crippen molar-refractivity contribution >= 4 is 23.4 Å². The van der Waals surface area contributed by atoms with Gasteiger partial charge in [0, 0.05) is 24.0 Å². The number of hydrogen-bond acceptors (Lipinski definition) is 2. The number of carbonyl (C=O) groups excluding carboxylic acids is 2. The predicted molar refractivity (Wildman–Crippen MR) is 129 cm³/mol. The van der Waals surface area contributed by atoms with Crippen molar-refractivity contribution in [1.82, 2.24) is 10.2 Å². The molecule has 0 aliphatic rings. The number of nitrogens with one attached hydrogen (secondary N) is 1. The molecule has 3 aromatic rings. The number of carbonyl (C=O) groups is 2. The van der Waals surface area contributed by atoms with Gasteiger partial charge in [-0.15, -0.1) is 0 Å². The number of nitrogens with zero attached hydrogens (tertiary/aromatic N) is 1. The molecule has 4 nitrogen and oxygen atoms in total. The first-order valence-electron chi connectivity index (χ1n) is 10.9. The van der Waals surface area contributed by atoms with Gasteiger partial charge in [-0.05, 0) is 54.8 Å². The van der Waals surface area contributed by atoms with Crippen LogP contribution in [0.3, 0.4) is 0 Å². The summed E-state index contributed by atoms with van der Waals surface area (Å²) >= 11 is 6.03. The van der Waals surface area contributed by atoms with E-state index in [9.17, 15) is 14.0 Å². The molecule has 0 aromatic heterocycles. The van der Waals surface area contributed by atoms with E-state index in [2.05, 4.69) is 5.32 Å². The van der Waals surface area contributed by atoms with Crippen molar-refractivity contribution in [3.8, 4) is 0 Å². The highest BCUT2D eigenvalue weighted by molar-refractivity contribution is 6.30. The van der Waals surface area contributed by atoms with Gasteiger partial charge in [0.2, 0.25) is 11.8 Å². The summed E-state index contributed by atoms with van der Waals surface area (Å²) in [6, 6.07) is 21.9. The zero-order valence-corrected chi connectivity index (χ0v) is 19.6. The van der Waals surface area contributed by atoms with Crippen molar-refractivity contribution in [3.05, 3.63) is 106 Å². The van der Waals surface area contributed by atoms with E-state index < -0.39 is 6.04 Å². The van der Waals surface area contributed by atoms with Crippen LogP contribution < -0.4 is 5.32 Å². The molecule has 0 aliphatic heterocycles. The minimum atomic E-state index is -0.710. The van der Waals surface area contributed by atoms with Crippen molar-refractivity contribution < 1.29 is 14.0 Å². The van der Waals surface area contributed by atoms with E-state index in [1.165, 1.54) is 12.1 Å². The van der Waals surface area contributed by atoms with Gasteiger partial charge in [0.1, 0.15) is 11.9 Å². The van der Waals surface area contributed by atoms with Crippen LogP contribution in [0.2, 0.25) is 5.02 Å². The molecule has 6 heteroatoms. The van der Waals surface area contributed by atoms with Gasteiger partial charge in [0.05, 0.1) is 6.42 Å². The Labute approximate surface area is 199 Å². The fraction of sp³-hybridized carbons (Fsp3) is 0.259. The maximum atomic E-state index is 13.5. The van der Waals surface area contributed by atoms with Crippen molar-refractivity contribution in [2.75, 3.05) is 0 Å². The lowest BCUT2D eigenvalue weighted by molar-refractivity contribution is -0.141. The summed E-state index contributed by atoms with van der Waals surface area (Å²) in [5.41, 5.74) is 2.50. The minimum absolute atomic E-state index is 0.0636. The smallest absolute Gasteiger partial charge is 0.243 e. The Morgan fingerprint density at radius 2 is 1.48 bits per heavy atom. The highest BCUT2D eigenvalue weighted by Gasteiger charge is 2.30. The Hall–Kier alpha value is -3.18. The molecule has 0 unspecified atom stereocenters. The van der Waals surface area contributed by atoms with Crippen LogP contribution in [-0.4, -0.2) is 28.8 Å². The number of benzene rings is 3. The monoisotopic (exact) mass is 466 g/mol. The second-order valence-electron chi connectivity index (χ2n) is 8.32. The highest BCUT2D eigenvalue weighted by atomic mass is 35.5. The van der Waals surface area contributed by atoms with Gasteiger partial charge in [-0.25, -0.2) is 4.39 Å². The number of rotatable bonds is 9. The SMILES string of the molecule is CC(C)NC(=O)[C@H](Cc1ccccc1)N(Cc1ccc(Cl)cc1)C(=O)Cc1ccc(F)cc1. The molecule has 0 radical (unpaired) electrons. The van der Waals surface area contributed by atoms with E-state index >= 15 is 0 Å². The van der Waals surface area contributed by atoms with E-state index in [1.54, 1.807) is 29.2 Å². The summed E-state index contributed by atoms with van der Waals surface area (Å²) < 4.78 is 13.3. The van der Waals surface area contributed by atoms with Gasteiger partial charge in [-0.2, -0.15) is 0 Å². The fourth-order valence-corrected chi connectivity index (χ4v) is 3.73. The number of hydrogen-bond donors (Lipinski definition) is 1. The molecule has 0 bridgehead atoms. The van der Waals surface area contributed by atoms with Crippen LogP contribution in [0.15, 0.2) is 78.9 Å². The molecule has 3 aromatic carbocycles. The summed E-state index contributed by atoms with van der Waals surface area (Å²) in [6.07, 6.45) is 0.441. The molecule has 3 rings (SSSR count). The average Bonchev–Trinajstić information content (AvgIpc) is 2.79. The summed E-state index contributed by atoms with van der Waals surface area (Å²) in [7, 11) is 0. The first-order chi connectivity index (χ1) is 15.8. The van der Waals surface area contributed by atoms with Crippen LogP contribution in [0.4, 0.5) is 4.39 Å². The normalized spacial score (nSPS) is 11.8. The van der Waals surface area contributed by atoms with Crippen LogP contribution in [-0.2, 0) is 29.0 Å². The first kappa shape index (κ1) is 24.5. The molecule has 1 atom stereocenters. The van der Waals surface area contributed by atoms with Crippen molar-refractivity contribution in [2.45, 2.75) is 45.3 Å². The Kier molecular flexibility index (Phi) is 8.61. The van der Waals surface area contributed by atoms with Gasteiger partial charge in [0.25, 0.3) is 0 Å². The number of amides is 2. The van der Waals surface area contributed by atoms with E-state index in [-0.39, 0.29) is 36.6 Å². The third kappa shape index (κ3) is 7.43. The summed E-state index contributed by atoms with van der Waals surface area (Å²) in [5, 5.41) is 3.56. The van der Waals surface area contributed by atoms with Crippen LogP contribution >= 0.6 is 11.6 Å². The molecule has 2 amide bonds. The highest BCUT2D eigenvalue weighted by Crippen LogP contribution is 2.18. The molecule has 0 saturated heterocycles. The molecular formula is C27H28ClFN2O2. The average molecular weight is 467 g/mol. The topological polar surface area (TPSA) is 49.4 Å². The lowest BCUT2D eigenvalue weighted by Gasteiger charge is -2.32. The third-order valence-electron chi connectivity index (χ3n) is 5.24. The first-order valence-corrected chi connectivity index (χ1v) is 11.3. The largest absolute Gasteiger partial charge is 0.352 e. The van der Waals surface area contributed by atoms with Gasteiger partial charge < -0.3 is 10.2 Å². The van der Waals surface area contributed by atoms with Crippen LogP contribution in [0.5, 0.6) is 0 Å². The van der Waals surface area contributed by atoms with E-state index in [0.717, 1.165) is 11.1 Å². The van der Waals surface area contributed by atoms with E-state index in [0.29, 0.717) is 17.0 Å². The van der Waals surface area contributed by atoms with E-state index in [4.69, 9.17) is 11.6 Å². The Bertz CT molecular complexity index is 1050. The fourth-order valence-electron chi connectivity index (χ4n) is 3.60. The second kappa shape index (κ2) is 11.6. The van der Waals surface area contributed by atoms with Gasteiger partial charge in [0.15, 0.2) is 0 Å². The van der Waals surface area contributed by atoms with Crippen LogP contribution in [0.25, 0.3) is 0 Å². The van der Waals surface area contributed by atoms with Crippen molar-refractivity contribution in [2.24, 2.45) is 0 Å². The molecule has 0 fully saturated rings. The molecule has 0 heterocycles. The van der Waals surface area contributed by atoms with Gasteiger partial charge in [-0.3, -0.25) is 9.59 Å². The molecule has 0 saturated carbocycles. The quantitative estimate of drug-likeness (QED) is 0.472. The molecule has 0 aliphatic carbocycles. The van der Waals surface area contributed by atoms with Crippen LogP contribution in [0.1, 0.15) is 30.5 Å². The Balaban J connectivity index is 1.95. The maximum absolute atomic E-state index is 13.5. The number of halogens is 2. The molecule has 1 N–H and O–H groups in total. The third-order valence-corrected chi connectivity index (χ3v) is 5.49. The van der Waals surface area contributed by atoms with Gasteiger partial charge >= 0.3 is 0 Å².